The van der Waals surface area contributed by atoms with Crippen LogP contribution >= 0.6 is 11.8 Å². The van der Waals surface area contributed by atoms with E-state index in [4.69, 9.17) is 0 Å². The molecular formula is C56H65NS. The fraction of sp³-hybridized carbons (Fsp3) is 0.250. The third-order valence-electron chi connectivity index (χ3n) is 10.5. The van der Waals surface area contributed by atoms with Crippen molar-refractivity contribution in [2.24, 2.45) is 0 Å². The quantitative estimate of drug-likeness (QED) is 0.106. The van der Waals surface area contributed by atoms with E-state index in [1.807, 2.05) is 52.8 Å². The van der Waals surface area contributed by atoms with Crippen molar-refractivity contribution in [2.45, 2.75) is 92.4 Å². The maximum atomic E-state index is 4.35. The summed E-state index contributed by atoms with van der Waals surface area (Å²) < 4.78 is 2.38. The Morgan fingerprint density at radius 3 is 2.14 bits per heavy atom. The normalized spacial score (nSPS) is 14.1. The van der Waals surface area contributed by atoms with E-state index in [9.17, 15) is 0 Å². The molecule has 0 saturated carbocycles. The van der Waals surface area contributed by atoms with Crippen LogP contribution in [-0.2, 0) is 6.42 Å². The number of aryl methyl sites for hydroxylation is 2. The molecule has 1 atom stereocenters. The summed E-state index contributed by atoms with van der Waals surface area (Å²) in [5.41, 5.74) is 13.8. The molecule has 0 N–H and O–H groups in total. The lowest BCUT2D eigenvalue weighted by Crippen LogP contribution is -2.31. The minimum atomic E-state index is 0.296. The summed E-state index contributed by atoms with van der Waals surface area (Å²) in [6.07, 6.45) is 33.8. The van der Waals surface area contributed by atoms with E-state index in [-0.39, 0.29) is 0 Å². The molecule has 1 unspecified atom stereocenters. The first-order valence-corrected chi connectivity index (χ1v) is 22.4. The average Bonchev–Trinajstić information content (AvgIpc) is 3.58. The molecule has 1 nitrogen and oxygen atoms in total. The van der Waals surface area contributed by atoms with Gasteiger partial charge in [0.25, 0.3) is 0 Å². The molecule has 1 aromatic heterocycles. The number of nitrogens with zero attached hydrogens (tertiary/aromatic N) is 1. The van der Waals surface area contributed by atoms with Crippen LogP contribution in [0.1, 0.15) is 118 Å². The molecule has 300 valence electrons. The van der Waals surface area contributed by atoms with Gasteiger partial charge in [-0.1, -0.05) is 150 Å². The Hall–Kier alpha value is -5.31. The van der Waals surface area contributed by atoms with Gasteiger partial charge in [0.1, 0.15) is 0 Å². The van der Waals surface area contributed by atoms with Crippen LogP contribution < -0.4 is 10.4 Å². The molecule has 0 bridgehead atoms. The fourth-order valence-corrected chi connectivity index (χ4v) is 8.54. The summed E-state index contributed by atoms with van der Waals surface area (Å²) in [4.78, 5) is 1.25. The highest BCUT2D eigenvalue weighted by atomic mass is 32.2. The van der Waals surface area contributed by atoms with Crippen molar-refractivity contribution in [2.75, 3.05) is 6.26 Å². The summed E-state index contributed by atoms with van der Waals surface area (Å²) in [6.45, 7) is 27.1. The first kappa shape index (κ1) is 45.4. The standard InChI is InChI=1S/C34H35NS.C18H18.2C2H6/c1-7-10-11-15-25(5)30-22-27(18-20-34(30)36-6)26-17-19-33-31(23-26)29(9-3)32(13-8-2)35(33)28-16-12-14-24(4)21-28;1-3-8-14-13(2)15-9-4-5-11-17(15)18-12-7-6-10-16(14)18;2*1-2/h7-22,26H,3,5,23H2,1-2,4,6H3;3-5,8-12H,6-7H2,1-2H3;2*1-2H3/b10-7-,13-8-,15-11-;8-3-;;. The van der Waals surface area contributed by atoms with Crippen LogP contribution in [0.2, 0.25) is 0 Å². The molecule has 2 heteroatoms. The average molecular weight is 784 g/mol. The number of allylic oxidation sites excluding steroid dienone is 8. The predicted molar refractivity (Wildman–Crippen MR) is 265 cm³/mol. The smallest absolute Gasteiger partial charge is 0.0534 e. The van der Waals surface area contributed by atoms with Crippen molar-refractivity contribution in [3.8, 4) is 5.69 Å². The highest BCUT2D eigenvalue weighted by molar-refractivity contribution is 7.98. The van der Waals surface area contributed by atoms with Gasteiger partial charge in [0.15, 0.2) is 0 Å². The molecule has 4 aromatic carbocycles. The van der Waals surface area contributed by atoms with Gasteiger partial charge in [-0.2, -0.15) is 0 Å². The summed E-state index contributed by atoms with van der Waals surface area (Å²) in [6, 6.07) is 24.3. The van der Waals surface area contributed by atoms with Crippen molar-refractivity contribution in [3.05, 3.63) is 183 Å². The number of hydrogen-bond acceptors (Lipinski definition) is 1. The summed E-state index contributed by atoms with van der Waals surface area (Å²) in [5.74, 6) is 0.296. The van der Waals surface area contributed by atoms with Crippen LogP contribution in [0.15, 0.2) is 127 Å². The second-order valence-electron chi connectivity index (χ2n) is 14.0. The predicted octanol–water partition coefficient (Wildman–Crippen LogP) is 15.3. The van der Waals surface area contributed by atoms with Crippen LogP contribution in [0, 0.1) is 13.8 Å². The van der Waals surface area contributed by atoms with Crippen LogP contribution in [0.3, 0.4) is 0 Å². The van der Waals surface area contributed by atoms with Crippen molar-refractivity contribution >= 4 is 64.6 Å². The largest absolute Gasteiger partial charge is 0.310 e. The third kappa shape index (κ3) is 10.0. The van der Waals surface area contributed by atoms with Crippen molar-refractivity contribution in [1.29, 1.82) is 0 Å². The third-order valence-corrected chi connectivity index (χ3v) is 11.3. The van der Waals surface area contributed by atoms with Crippen LogP contribution in [-0.4, -0.2) is 10.8 Å². The Kier molecular flexibility index (Phi) is 17.7. The molecule has 0 fully saturated rings. The first-order chi connectivity index (χ1) is 28.3. The zero-order valence-electron chi connectivity index (χ0n) is 36.8. The molecule has 5 aromatic rings. The molecule has 7 rings (SSSR count). The van der Waals surface area contributed by atoms with E-state index >= 15 is 0 Å². The summed E-state index contributed by atoms with van der Waals surface area (Å²) >= 11 is 1.77. The van der Waals surface area contributed by atoms with Gasteiger partial charge in [0, 0.05) is 27.8 Å². The number of rotatable bonds is 9. The van der Waals surface area contributed by atoms with Gasteiger partial charge in [-0.3, -0.25) is 0 Å². The first-order valence-electron chi connectivity index (χ1n) is 21.1. The summed E-state index contributed by atoms with van der Waals surface area (Å²) in [5, 5.41) is 5.64. The molecule has 0 saturated heterocycles. The highest BCUT2D eigenvalue weighted by Gasteiger charge is 2.26. The van der Waals surface area contributed by atoms with Crippen LogP contribution in [0.4, 0.5) is 0 Å². The van der Waals surface area contributed by atoms with E-state index in [2.05, 4.69) is 179 Å². The Bertz CT molecular complexity index is 2490. The molecule has 58 heavy (non-hydrogen) atoms. The second kappa shape index (κ2) is 22.6. The second-order valence-corrected chi connectivity index (χ2v) is 14.8. The van der Waals surface area contributed by atoms with Gasteiger partial charge in [-0.15, -0.1) is 11.8 Å². The zero-order chi connectivity index (χ0) is 42.2. The lowest BCUT2D eigenvalue weighted by atomic mass is 9.85. The molecule has 0 spiro atoms. The lowest BCUT2D eigenvalue weighted by Gasteiger charge is -2.21. The number of benzene rings is 4. The topological polar surface area (TPSA) is 4.93 Å². The van der Waals surface area contributed by atoms with Crippen molar-refractivity contribution in [3.63, 3.8) is 0 Å². The van der Waals surface area contributed by atoms with Crippen molar-refractivity contribution in [1.82, 2.24) is 4.57 Å². The van der Waals surface area contributed by atoms with E-state index in [0.717, 1.165) is 24.8 Å². The Morgan fingerprint density at radius 2 is 1.48 bits per heavy atom. The molecule has 2 aliphatic carbocycles. The molecule has 1 heterocycles. The van der Waals surface area contributed by atoms with Gasteiger partial charge < -0.3 is 4.57 Å². The van der Waals surface area contributed by atoms with E-state index in [0.29, 0.717) is 5.92 Å². The fourth-order valence-electron chi connectivity index (χ4n) is 7.93. The molecule has 2 aliphatic rings. The summed E-state index contributed by atoms with van der Waals surface area (Å²) in [7, 11) is 0. The number of aromatic nitrogens is 1. The maximum Gasteiger partial charge on any atom is 0.0534 e. The molecular weight excluding hydrogens is 719 g/mol. The van der Waals surface area contributed by atoms with E-state index in [1.54, 1.807) is 11.8 Å². The lowest BCUT2D eigenvalue weighted by molar-refractivity contribution is 0.818. The van der Waals surface area contributed by atoms with Crippen molar-refractivity contribution < 1.29 is 0 Å². The molecule has 0 amide bonds. The monoisotopic (exact) mass is 783 g/mol. The van der Waals surface area contributed by atoms with Gasteiger partial charge in [0.05, 0.1) is 5.69 Å². The Balaban J connectivity index is 0.000000282. The Labute approximate surface area is 355 Å². The van der Waals surface area contributed by atoms with Gasteiger partial charge in [0.2, 0.25) is 0 Å². The highest BCUT2D eigenvalue weighted by Crippen LogP contribution is 2.40. The minimum Gasteiger partial charge on any atom is -0.310 e. The SMILES string of the molecule is C/C=C\c1c(C)c2ccccc2c2c1=CCCC=2.C=Cc1c2c(n(-c3cccc(C)c3)c1/C=C\C)C=CC(c1ccc(SC)c(C(=C)/C=C\C=C/C)c1)C2.CC.CC. The molecule has 0 radical (unpaired) electrons. The van der Waals surface area contributed by atoms with Crippen LogP contribution in [0.5, 0.6) is 0 Å². The number of fused-ring (bicyclic) bond motifs is 4. The Morgan fingerprint density at radius 1 is 0.776 bits per heavy atom. The zero-order valence-corrected chi connectivity index (χ0v) is 37.6. The van der Waals surface area contributed by atoms with Gasteiger partial charge in [-0.05, 0) is 157 Å². The van der Waals surface area contributed by atoms with E-state index < -0.39 is 0 Å². The number of thioether (sulfide) groups is 1. The number of hydrogen-bond donors (Lipinski definition) is 0. The molecule has 0 aliphatic heterocycles. The van der Waals surface area contributed by atoms with E-state index in [1.165, 1.54) is 82.1 Å². The van der Waals surface area contributed by atoms with Gasteiger partial charge in [-0.25, -0.2) is 0 Å². The maximum absolute atomic E-state index is 4.35. The van der Waals surface area contributed by atoms with Crippen LogP contribution in [0.25, 0.3) is 58.5 Å². The van der Waals surface area contributed by atoms with Gasteiger partial charge >= 0.3 is 0 Å². The minimum absolute atomic E-state index is 0.296.